The summed E-state index contributed by atoms with van der Waals surface area (Å²) in [5.41, 5.74) is 4.83. The van der Waals surface area contributed by atoms with Crippen LogP contribution in [0, 0.1) is 6.92 Å². The Morgan fingerprint density at radius 2 is 2.29 bits per heavy atom. The van der Waals surface area contributed by atoms with Gasteiger partial charge in [-0.3, -0.25) is 4.90 Å². The Balaban J connectivity index is 1.56. The molecule has 1 aliphatic rings. The normalized spacial score (nSPS) is 14.6. The fourth-order valence-electron chi connectivity index (χ4n) is 3.26. The molecule has 4 rings (SSSR count). The number of H-pyrrole nitrogens is 1. The molecule has 0 amide bonds. The minimum atomic E-state index is 0.874. The molecule has 0 bridgehead atoms. The molecule has 124 valence electrons. The van der Waals surface area contributed by atoms with Gasteiger partial charge in [0.05, 0.1) is 24.1 Å². The molecule has 2 aromatic heterocycles. The largest absolute Gasteiger partial charge is 0.496 e. The van der Waals surface area contributed by atoms with Crippen LogP contribution in [0.25, 0.3) is 10.6 Å². The van der Waals surface area contributed by atoms with E-state index in [0.717, 1.165) is 48.2 Å². The van der Waals surface area contributed by atoms with Crippen molar-refractivity contribution in [3.8, 4) is 16.3 Å². The predicted octanol–water partition coefficient (Wildman–Crippen LogP) is 3.41. The Kier molecular flexibility index (Phi) is 4.08. The Hall–Kier alpha value is -2.18. The molecule has 0 aliphatic carbocycles. The van der Waals surface area contributed by atoms with Gasteiger partial charge in [-0.2, -0.15) is 0 Å². The summed E-state index contributed by atoms with van der Waals surface area (Å²) in [5, 5.41) is 2.99. The van der Waals surface area contributed by atoms with Gasteiger partial charge in [0.2, 0.25) is 0 Å². The summed E-state index contributed by atoms with van der Waals surface area (Å²) in [6.07, 6.45) is 2.84. The van der Waals surface area contributed by atoms with Gasteiger partial charge in [-0.05, 0) is 24.6 Å². The minimum Gasteiger partial charge on any atom is -0.496 e. The quantitative estimate of drug-likeness (QED) is 0.791. The van der Waals surface area contributed by atoms with Crippen LogP contribution in [0.4, 0.5) is 0 Å². The topological polar surface area (TPSA) is 54.0 Å². The fourth-order valence-corrected chi connectivity index (χ4v) is 3.92. The zero-order valence-electron chi connectivity index (χ0n) is 13.9. The Bertz CT molecular complexity index is 841. The third-order valence-electron chi connectivity index (χ3n) is 4.36. The Labute approximate surface area is 145 Å². The van der Waals surface area contributed by atoms with Crippen molar-refractivity contribution in [2.45, 2.75) is 26.4 Å². The van der Waals surface area contributed by atoms with Gasteiger partial charge in [-0.1, -0.05) is 6.07 Å². The molecule has 0 unspecified atom stereocenters. The number of aromatic nitrogens is 3. The standard InChI is InChI=1S/C18H20N4OS/c1-12-20-15-5-7-22(11-16(15)21-12)10-13-3-4-17(23-2)14(9-13)18-19-6-8-24-18/h3-4,6,8-9H,5,7,10-11H2,1-2H3,(H,20,21). The maximum absolute atomic E-state index is 5.50. The van der Waals surface area contributed by atoms with Gasteiger partial charge in [0.25, 0.3) is 0 Å². The maximum atomic E-state index is 5.50. The van der Waals surface area contributed by atoms with E-state index in [9.17, 15) is 0 Å². The molecule has 0 saturated carbocycles. The molecule has 0 radical (unpaired) electrons. The highest BCUT2D eigenvalue weighted by Gasteiger charge is 2.20. The van der Waals surface area contributed by atoms with E-state index in [1.165, 1.54) is 17.0 Å². The van der Waals surface area contributed by atoms with Gasteiger partial charge in [-0.15, -0.1) is 11.3 Å². The Morgan fingerprint density at radius 1 is 1.38 bits per heavy atom. The van der Waals surface area contributed by atoms with Crippen LogP contribution in [0.2, 0.25) is 0 Å². The first kappa shape index (κ1) is 15.4. The van der Waals surface area contributed by atoms with E-state index in [-0.39, 0.29) is 0 Å². The van der Waals surface area contributed by atoms with Gasteiger partial charge in [-0.25, -0.2) is 9.97 Å². The van der Waals surface area contributed by atoms with Crippen LogP contribution >= 0.6 is 11.3 Å². The smallest absolute Gasteiger partial charge is 0.129 e. The van der Waals surface area contributed by atoms with E-state index < -0.39 is 0 Å². The number of fused-ring (bicyclic) bond motifs is 1. The number of ether oxygens (including phenoxy) is 1. The molecule has 1 aliphatic heterocycles. The second kappa shape index (κ2) is 6.37. The monoisotopic (exact) mass is 340 g/mol. The summed E-state index contributed by atoms with van der Waals surface area (Å²) in [5.74, 6) is 1.89. The molecule has 1 aromatic carbocycles. The van der Waals surface area contributed by atoms with Crippen molar-refractivity contribution < 1.29 is 4.74 Å². The van der Waals surface area contributed by atoms with E-state index in [2.05, 4.69) is 32.0 Å². The van der Waals surface area contributed by atoms with Crippen LogP contribution in [0.3, 0.4) is 0 Å². The number of hydrogen-bond donors (Lipinski definition) is 1. The average Bonchev–Trinajstić information content (AvgIpc) is 3.23. The summed E-state index contributed by atoms with van der Waals surface area (Å²) in [6, 6.07) is 6.39. The fraction of sp³-hybridized carbons (Fsp3) is 0.333. The lowest BCUT2D eigenvalue weighted by Gasteiger charge is -2.26. The Morgan fingerprint density at radius 3 is 3.08 bits per heavy atom. The lowest BCUT2D eigenvalue weighted by atomic mass is 10.1. The van der Waals surface area contributed by atoms with Crippen LogP contribution in [0.1, 0.15) is 22.8 Å². The van der Waals surface area contributed by atoms with Gasteiger partial charge in [0, 0.05) is 37.6 Å². The maximum Gasteiger partial charge on any atom is 0.129 e. The predicted molar refractivity (Wildman–Crippen MR) is 95.2 cm³/mol. The van der Waals surface area contributed by atoms with Gasteiger partial charge >= 0.3 is 0 Å². The minimum absolute atomic E-state index is 0.874. The summed E-state index contributed by atoms with van der Waals surface area (Å²) >= 11 is 1.64. The van der Waals surface area contributed by atoms with E-state index in [1.807, 2.05) is 24.6 Å². The highest BCUT2D eigenvalue weighted by molar-refractivity contribution is 7.13. The number of thiazole rings is 1. The second-order valence-corrected chi connectivity index (χ2v) is 6.97. The molecule has 6 heteroatoms. The van der Waals surface area contributed by atoms with Crippen molar-refractivity contribution in [1.82, 2.24) is 19.9 Å². The van der Waals surface area contributed by atoms with Crippen molar-refractivity contribution in [1.29, 1.82) is 0 Å². The molecule has 3 heterocycles. The first-order chi connectivity index (χ1) is 11.7. The number of methoxy groups -OCH3 is 1. The highest BCUT2D eigenvalue weighted by Crippen LogP contribution is 2.32. The van der Waals surface area contributed by atoms with Crippen molar-refractivity contribution in [3.63, 3.8) is 0 Å². The zero-order chi connectivity index (χ0) is 16.5. The molecule has 0 atom stereocenters. The summed E-state index contributed by atoms with van der Waals surface area (Å²) in [7, 11) is 1.71. The van der Waals surface area contributed by atoms with E-state index in [4.69, 9.17) is 4.74 Å². The molecular weight excluding hydrogens is 320 g/mol. The van der Waals surface area contributed by atoms with Gasteiger partial charge in [0.1, 0.15) is 16.6 Å². The molecular formula is C18H20N4OS. The van der Waals surface area contributed by atoms with Crippen LogP contribution in [0.15, 0.2) is 29.8 Å². The molecule has 24 heavy (non-hydrogen) atoms. The number of aryl methyl sites for hydroxylation is 1. The van der Waals surface area contributed by atoms with Gasteiger partial charge < -0.3 is 9.72 Å². The van der Waals surface area contributed by atoms with Crippen LogP contribution in [-0.2, 0) is 19.5 Å². The van der Waals surface area contributed by atoms with E-state index in [0.29, 0.717) is 0 Å². The molecule has 0 fully saturated rings. The highest BCUT2D eigenvalue weighted by atomic mass is 32.1. The van der Waals surface area contributed by atoms with Crippen molar-refractivity contribution in [2.75, 3.05) is 13.7 Å². The summed E-state index contributed by atoms with van der Waals surface area (Å²) < 4.78 is 5.50. The van der Waals surface area contributed by atoms with Crippen LogP contribution in [-0.4, -0.2) is 33.5 Å². The SMILES string of the molecule is COc1ccc(CN2CCc3nc(C)[nH]c3C2)cc1-c1nccs1. The van der Waals surface area contributed by atoms with Crippen molar-refractivity contribution in [2.24, 2.45) is 0 Å². The average molecular weight is 340 g/mol. The third-order valence-corrected chi connectivity index (χ3v) is 5.17. The lowest BCUT2D eigenvalue weighted by Crippen LogP contribution is -2.30. The van der Waals surface area contributed by atoms with E-state index in [1.54, 1.807) is 18.4 Å². The third kappa shape index (κ3) is 2.95. The molecule has 1 N–H and O–H groups in total. The number of aromatic amines is 1. The summed E-state index contributed by atoms with van der Waals surface area (Å²) in [4.78, 5) is 14.8. The second-order valence-electron chi connectivity index (χ2n) is 6.08. The molecule has 0 spiro atoms. The number of rotatable bonds is 4. The first-order valence-electron chi connectivity index (χ1n) is 8.06. The number of nitrogens with zero attached hydrogens (tertiary/aromatic N) is 3. The molecule has 3 aromatic rings. The number of nitrogens with one attached hydrogen (secondary N) is 1. The summed E-state index contributed by atoms with van der Waals surface area (Å²) in [6.45, 7) is 4.90. The zero-order valence-corrected chi connectivity index (χ0v) is 14.7. The number of imidazole rings is 1. The van der Waals surface area contributed by atoms with Gasteiger partial charge in [0.15, 0.2) is 0 Å². The van der Waals surface area contributed by atoms with Crippen LogP contribution in [0.5, 0.6) is 5.75 Å². The first-order valence-corrected chi connectivity index (χ1v) is 8.94. The number of hydrogen-bond acceptors (Lipinski definition) is 5. The van der Waals surface area contributed by atoms with Crippen molar-refractivity contribution >= 4 is 11.3 Å². The lowest BCUT2D eigenvalue weighted by molar-refractivity contribution is 0.241. The van der Waals surface area contributed by atoms with E-state index >= 15 is 0 Å². The van der Waals surface area contributed by atoms with Crippen LogP contribution < -0.4 is 4.74 Å². The molecule has 5 nitrogen and oxygen atoms in total. The molecule has 0 saturated heterocycles. The van der Waals surface area contributed by atoms with Crippen molar-refractivity contribution in [3.05, 3.63) is 52.6 Å². The number of benzene rings is 1.